The summed E-state index contributed by atoms with van der Waals surface area (Å²) in [6, 6.07) is 12.9. The molecule has 1 atom stereocenters. The first-order chi connectivity index (χ1) is 13.7. The van der Waals surface area contributed by atoms with E-state index in [2.05, 4.69) is 57.1 Å². The van der Waals surface area contributed by atoms with Crippen molar-refractivity contribution in [2.24, 2.45) is 10.9 Å². The molecule has 1 saturated heterocycles. The fourth-order valence-electron chi connectivity index (χ4n) is 3.57. The Morgan fingerprint density at radius 3 is 2.57 bits per heavy atom. The monoisotopic (exact) mass is 400 g/mol. The molecule has 1 aliphatic rings. The third-order valence-electron chi connectivity index (χ3n) is 5.44. The number of guanidine groups is 1. The average Bonchev–Trinajstić information content (AvgIpc) is 3.26. The maximum absolute atomic E-state index is 5.22. The van der Waals surface area contributed by atoms with Gasteiger partial charge in [0, 0.05) is 25.0 Å². The SMILES string of the molecule is CN=C(NCc1ccc(OC)cc1)NCC(c1cccs1)N1CCC(C)CC1. The van der Waals surface area contributed by atoms with Gasteiger partial charge >= 0.3 is 0 Å². The molecule has 1 fully saturated rings. The highest BCUT2D eigenvalue weighted by Crippen LogP contribution is 2.29. The summed E-state index contributed by atoms with van der Waals surface area (Å²) in [7, 11) is 3.51. The Bertz CT molecular complexity index is 722. The van der Waals surface area contributed by atoms with Gasteiger partial charge in [0.2, 0.25) is 0 Å². The zero-order chi connectivity index (χ0) is 19.8. The highest BCUT2D eigenvalue weighted by atomic mass is 32.1. The van der Waals surface area contributed by atoms with E-state index in [1.165, 1.54) is 36.4 Å². The first-order valence-corrected chi connectivity index (χ1v) is 10.9. The maximum atomic E-state index is 5.22. The topological polar surface area (TPSA) is 48.9 Å². The van der Waals surface area contributed by atoms with Crippen LogP contribution in [-0.4, -0.2) is 44.7 Å². The smallest absolute Gasteiger partial charge is 0.191 e. The van der Waals surface area contributed by atoms with Gasteiger partial charge < -0.3 is 15.4 Å². The molecule has 1 aromatic heterocycles. The van der Waals surface area contributed by atoms with E-state index < -0.39 is 0 Å². The average molecular weight is 401 g/mol. The number of hydrogen-bond donors (Lipinski definition) is 2. The predicted molar refractivity (Wildman–Crippen MR) is 118 cm³/mol. The summed E-state index contributed by atoms with van der Waals surface area (Å²) >= 11 is 1.84. The number of rotatable bonds is 7. The summed E-state index contributed by atoms with van der Waals surface area (Å²) in [5.41, 5.74) is 1.20. The first kappa shape index (κ1) is 20.7. The Kier molecular flexibility index (Phi) is 7.74. The van der Waals surface area contributed by atoms with Crippen LogP contribution >= 0.6 is 11.3 Å². The van der Waals surface area contributed by atoms with Crippen molar-refractivity contribution in [3.8, 4) is 5.75 Å². The number of piperidine rings is 1. The lowest BCUT2D eigenvalue weighted by Crippen LogP contribution is -2.44. The van der Waals surface area contributed by atoms with E-state index >= 15 is 0 Å². The second-order valence-corrected chi connectivity index (χ2v) is 8.38. The molecule has 152 valence electrons. The third-order valence-corrected chi connectivity index (χ3v) is 6.41. The number of thiophene rings is 1. The van der Waals surface area contributed by atoms with Crippen molar-refractivity contribution >= 4 is 17.3 Å². The van der Waals surface area contributed by atoms with Gasteiger partial charge in [0.15, 0.2) is 5.96 Å². The van der Waals surface area contributed by atoms with Gasteiger partial charge in [-0.1, -0.05) is 25.1 Å². The van der Waals surface area contributed by atoms with Crippen LogP contribution in [0, 0.1) is 5.92 Å². The molecule has 2 aromatic rings. The number of hydrogen-bond acceptors (Lipinski definition) is 4. The number of ether oxygens (including phenoxy) is 1. The molecule has 1 aromatic carbocycles. The molecule has 0 aliphatic carbocycles. The van der Waals surface area contributed by atoms with Crippen LogP contribution in [0.1, 0.15) is 36.2 Å². The van der Waals surface area contributed by atoms with Crippen LogP contribution in [-0.2, 0) is 6.54 Å². The molecule has 5 nitrogen and oxygen atoms in total. The van der Waals surface area contributed by atoms with Crippen molar-refractivity contribution in [1.82, 2.24) is 15.5 Å². The lowest BCUT2D eigenvalue weighted by atomic mass is 9.97. The van der Waals surface area contributed by atoms with E-state index in [1.54, 1.807) is 7.11 Å². The van der Waals surface area contributed by atoms with Crippen LogP contribution in [0.3, 0.4) is 0 Å². The van der Waals surface area contributed by atoms with Gasteiger partial charge in [-0.05, 0) is 61.0 Å². The van der Waals surface area contributed by atoms with Crippen molar-refractivity contribution in [2.45, 2.75) is 32.4 Å². The summed E-state index contributed by atoms with van der Waals surface area (Å²) in [6.45, 7) is 6.29. The maximum Gasteiger partial charge on any atom is 0.191 e. The minimum Gasteiger partial charge on any atom is -0.497 e. The van der Waals surface area contributed by atoms with Gasteiger partial charge in [0.25, 0.3) is 0 Å². The third kappa shape index (κ3) is 5.72. The van der Waals surface area contributed by atoms with E-state index in [9.17, 15) is 0 Å². The van der Waals surface area contributed by atoms with Gasteiger partial charge in [0.1, 0.15) is 5.75 Å². The minimum atomic E-state index is 0.395. The molecule has 2 N–H and O–H groups in total. The van der Waals surface area contributed by atoms with Gasteiger partial charge in [-0.25, -0.2) is 0 Å². The molecule has 1 aliphatic heterocycles. The molecule has 0 spiro atoms. The number of aliphatic imine (C=N–C) groups is 1. The molecule has 2 heterocycles. The lowest BCUT2D eigenvalue weighted by molar-refractivity contribution is 0.140. The van der Waals surface area contributed by atoms with Crippen molar-refractivity contribution in [2.75, 3.05) is 33.8 Å². The lowest BCUT2D eigenvalue weighted by Gasteiger charge is -2.36. The fourth-order valence-corrected chi connectivity index (χ4v) is 4.43. The number of nitrogens with zero attached hydrogens (tertiary/aromatic N) is 2. The summed E-state index contributed by atoms with van der Waals surface area (Å²) in [5.74, 6) is 2.55. The predicted octanol–water partition coefficient (Wildman–Crippen LogP) is 3.89. The molecule has 3 rings (SSSR count). The molecule has 28 heavy (non-hydrogen) atoms. The van der Waals surface area contributed by atoms with Crippen LogP contribution in [0.2, 0.25) is 0 Å². The Labute approximate surface area is 172 Å². The number of nitrogens with one attached hydrogen (secondary N) is 2. The van der Waals surface area contributed by atoms with Crippen LogP contribution < -0.4 is 15.4 Å². The first-order valence-electron chi connectivity index (χ1n) is 10.0. The normalized spacial score (nSPS) is 17.3. The summed E-state index contributed by atoms with van der Waals surface area (Å²) in [6.07, 6.45) is 2.57. The Balaban J connectivity index is 1.56. The molecule has 1 unspecified atom stereocenters. The van der Waals surface area contributed by atoms with Crippen molar-refractivity contribution in [3.63, 3.8) is 0 Å². The molecule has 0 saturated carbocycles. The standard InChI is InChI=1S/C22H32N4OS/c1-17-10-12-26(13-11-17)20(21-5-4-14-28-21)16-25-22(23-2)24-15-18-6-8-19(27-3)9-7-18/h4-9,14,17,20H,10-13,15-16H2,1-3H3,(H2,23,24,25). The molecule has 0 radical (unpaired) electrons. The quantitative estimate of drug-likeness (QED) is 0.547. The van der Waals surface area contributed by atoms with E-state index in [1.807, 2.05) is 30.5 Å². The largest absolute Gasteiger partial charge is 0.497 e. The summed E-state index contributed by atoms with van der Waals surface area (Å²) in [4.78, 5) is 8.45. The Morgan fingerprint density at radius 1 is 1.21 bits per heavy atom. The van der Waals surface area contributed by atoms with Gasteiger partial charge in [0.05, 0.1) is 13.2 Å². The molecule has 6 heteroatoms. The Morgan fingerprint density at radius 2 is 1.96 bits per heavy atom. The zero-order valence-electron chi connectivity index (χ0n) is 17.1. The van der Waals surface area contributed by atoms with E-state index in [0.717, 1.165) is 30.7 Å². The van der Waals surface area contributed by atoms with Gasteiger partial charge in [-0.2, -0.15) is 0 Å². The summed E-state index contributed by atoms with van der Waals surface area (Å²) in [5, 5.41) is 9.13. The van der Waals surface area contributed by atoms with Gasteiger partial charge in [-0.15, -0.1) is 11.3 Å². The molecular weight excluding hydrogens is 368 g/mol. The van der Waals surface area contributed by atoms with Crippen LogP contribution in [0.15, 0.2) is 46.8 Å². The van der Waals surface area contributed by atoms with Crippen LogP contribution in [0.5, 0.6) is 5.75 Å². The second-order valence-electron chi connectivity index (χ2n) is 7.40. The van der Waals surface area contributed by atoms with E-state index in [-0.39, 0.29) is 0 Å². The van der Waals surface area contributed by atoms with Crippen LogP contribution in [0.25, 0.3) is 0 Å². The number of methoxy groups -OCH3 is 1. The van der Waals surface area contributed by atoms with E-state index in [0.29, 0.717) is 6.04 Å². The molecule has 0 bridgehead atoms. The molecule has 0 amide bonds. The number of likely N-dealkylation sites (tertiary alicyclic amines) is 1. The molecular formula is C22H32N4OS. The van der Waals surface area contributed by atoms with Crippen molar-refractivity contribution in [1.29, 1.82) is 0 Å². The zero-order valence-corrected chi connectivity index (χ0v) is 18.0. The Hall–Kier alpha value is -2.05. The van der Waals surface area contributed by atoms with Crippen LogP contribution in [0.4, 0.5) is 0 Å². The second kappa shape index (κ2) is 10.5. The fraction of sp³-hybridized carbons (Fsp3) is 0.500. The minimum absolute atomic E-state index is 0.395. The van der Waals surface area contributed by atoms with E-state index in [4.69, 9.17) is 4.74 Å². The van der Waals surface area contributed by atoms with Crippen molar-refractivity contribution < 1.29 is 4.74 Å². The summed E-state index contributed by atoms with van der Waals surface area (Å²) < 4.78 is 5.22. The van der Waals surface area contributed by atoms with Crippen molar-refractivity contribution in [3.05, 3.63) is 52.2 Å². The highest BCUT2D eigenvalue weighted by molar-refractivity contribution is 7.10. The highest BCUT2D eigenvalue weighted by Gasteiger charge is 2.25. The van der Waals surface area contributed by atoms with Gasteiger partial charge in [-0.3, -0.25) is 9.89 Å². The number of benzene rings is 1.